The minimum Gasteiger partial charge on any atom is -0.384 e. The Morgan fingerprint density at radius 3 is 2.42 bits per heavy atom. The average molecular weight is 321 g/mol. The topological polar surface area (TPSA) is 67.2 Å². The van der Waals surface area contributed by atoms with Gasteiger partial charge >= 0.3 is 0 Å². The molecule has 3 aromatic rings. The third kappa shape index (κ3) is 3.88. The van der Waals surface area contributed by atoms with E-state index < -0.39 is 4.92 Å². The molecule has 0 aliphatic rings. The quantitative estimate of drug-likeness (QED) is 0.393. The maximum Gasteiger partial charge on any atom is 0.269 e. The van der Waals surface area contributed by atoms with E-state index in [1.165, 1.54) is 28.5 Å². The summed E-state index contributed by atoms with van der Waals surface area (Å²) in [7, 11) is 0. The number of hydrogen-bond donors (Lipinski definition) is 2. The molecule has 0 aliphatic carbocycles. The molecule has 0 spiro atoms. The number of non-ortho nitro benzene ring substituents is 1. The Hall–Kier alpha value is -2.92. The number of benzene rings is 3. The van der Waals surface area contributed by atoms with E-state index >= 15 is 0 Å². The van der Waals surface area contributed by atoms with E-state index in [9.17, 15) is 10.1 Å². The minimum atomic E-state index is -0.393. The predicted molar refractivity (Wildman–Crippen MR) is 97.2 cm³/mol. The van der Waals surface area contributed by atoms with Crippen molar-refractivity contribution in [3.63, 3.8) is 0 Å². The molecule has 5 heteroatoms. The zero-order valence-electron chi connectivity index (χ0n) is 13.2. The molecule has 0 heterocycles. The van der Waals surface area contributed by atoms with Crippen LogP contribution in [0.3, 0.4) is 0 Å². The number of anilines is 1. The lowest BCUT2D eigenvalue weighted by atomic mass is 10.0. The third-order valence-corrected chi connectivity index (χ3v) is 3.90. The van der Waals surface area contributed by atoms with Crippen molar-refractivity contribution < 1.29 is 4.92 Å². The van der Waals surface area contributed by atoms with Crippen LogP contribution in [0.15, 0.2) is 66.7 Å². The predicted octanol–water partition coefficient (Wildman–Crippen LogP) is 3.95. The van der Waals surface area contributed by atoms with Crippen LogP contribution >= 0.6 is 0 Å². The normalized spacial score (nSPS) is 10.7. The van der Waals surface area contributed by atoms with Gasteiger partial charge in [-0.05, 0) is 28.5 Å². The number of hydrogen-bond acceptors (Lipinski definition) is 4. The zero-order valence-corrected chi connectivity index (χ0v) is 13.2. The smallest absolute Gasteiger partial charge is 0.269 e. The Morgan fingerprint density at radius 1 is 0.875 bits per heavy atom. The van der Waals surface area contributed by atoms with E-state index in [4.69, 9.17) is 0 Å². The standard InChI is InChI=1S/C19H19N3O2/c23-22(24)18-10-8-17(9-11-18)21-13-12-20-14-16-6-3-5-15-4-1-2-7-19(15)16/h1-11,20-21H,12-14H2. The molecular formula is C19H19N3O2. The van der Waals surface area contributed by atoms with Crippen molar-refractivity contribution in [1.82, 2.24) is 5.32 Å². The van der Waals surface area contributed by atoms with Gasteiger partial charge in [0.15, 0.2) is 0 Å². The monoisotopic (exact) mass is 321 g/mol. The highest BCUT2D eigenvalue weighted by molar-refractivity contribution is 5.85. The molecule has 0 saturated carbocycles. The van der Waals surface area contributed by atoms with Gasteiger partial charge in [-0.2, -0.15) is 0 Å². The maximum atomic E-state index is 10.6. The van der Waals surface area contributed by atoms with Crippen molar-refractivity contribution in [2.45, 2.75) is 6.54 Å². The molecule has 0 aromatic heterocycles. The van der Waals surface area contributed by atoms with Crippen LogP contribution in [0.4, 0.5) is 11.4 Å². The van der Waals surface area contributed by atoms with Crippen LogP contribution in [0, 0.1) is 10.1 Å². The summed E-state index contributed by atoms with van der Waals surface area (Å²) in [6.07, 6.45) is 0. The van der Waals surface area contributed by atoms with Gasteiger partial charge in [0.2, 0.25) is 0 Å². The van der Waals surface area contributed by atoms with Gasteiger partial charge in [0.05, 0.1) is 4.92 Å². The Kier molecular flexibility index (Phi) is 5.03. The first kappa shape index (κ1) is 16.0. The van der Waals surface area contributed by atoms with Crippen molar-refractivity contribution in [3.8, 4) is 0 Å². The summed E-state index contributed by atoms with van der Waals surface area (Å²) >= 11 is 0. The van der Waals surface area contributed by atoms with Crippen molar-refractivity contribution in [3.05, 3.63) is 82.4 Å². The van der Waals surface area contributed by atoms with Gasteiger partial charge in [-0.1, -0.05) is 42.5 Å². The molecule has 0 saturated heterocycles. The van der Waals surface area contributed by atoms with Crippen LogP contribution in [0.5, 0.6) is 0 Å². The lowest BCUT2D eigenvalue weighted by Crippen LogP contribution is -2.21. The zero-order chi connectivity index (χ0) is 16.8. The molecule has 0 bridgehead atoms. The first-order valence-corrected chi connectivity index (χ1v) is 7.90. The van der Waals surface area contributed by atoms with E-state index in [1.807, 2.05) is 6.07 Å². The van der Waals surface area contributed by atoms with E-state index in [0.717, 1.165) is 25.3 Å². The highest BCUT2D eigenvalue weighted by Gasteiger charge is 2.03. The second-order valence-corrected chi connectivity index (χ2v) is 5.55. The summed E-state index contributed by atoms with van der Waals surface area (Å²) in [4.78, 5) is 10.2. The largest absolute Gasteiger partial charge is 0.384 e. The molecule has 2 N–H and O–H groups in total. The number of nitrogens with one attached hydrogen (secondary N) is 2. The molecule has 0 unspecified atom stereocenters. The molecule has 122 valence electrons. The summed E-state index contributed by atoms with van der Waals surface area (Å²) in [6.45, 7) is 2.37. The van der Waals surface area contributed by atoms with Crippen molar-refractivity contribution in [1.29, 1.82) is 0 Å². The molecule has 3 aromatic carbocycles. The summed E-state index contributed by atoms with van der Waals surface area (Å²) in [5.74, 6) is 0. The molecule has 24 heavy (non-hydrogen) atoms. The van der Waals surface area contributed by atoms with Crippen LogP contribution in [-0.2, 0) is 6.54 Å². The summed E-state index contributed by atoms with van der Waals surface area (Å²) < 4.78 is 0. The number of rotatable bonds is 7. The summed E-state index contributed by atoms with van der Waals surface area (Å²) in [6, 6.07) is 21.2. The summed E-state index contributed by atoms with van der Waals surface area (Å²) in [5, 5.41) is 19.8. The van der Waals surface area contributed by atoms with E-state index in [2.05, 4.69) is 47.0 Å². The number of nitro groups is 1. The Bertz CT molecular complexity index is 826. The molecular weight excluding hydrogens is 302 g/mol. The lowest BCUT2D eigenvalue weighted by Gasteiger charge is -2.10. The average Bonchev–Trinajstić information content (AvgIpc) is 2.62. The maximum absolute atomic E-state index is 10.6. The third-order valence-electron chi connectivity index (χ3n) is 3.90. The fraction of sp³-hybridized carbons (Fsp3) is 0.158. The van der Waals surface area contributed by atoms with E-state index in [1.54, 1.807) is 12.1 Å². The van der Waals surface area contributed by atoms with Crippen LogP contribution < -0.4 is 10.6 Å². The van der Waals surface area contributed by atoms with Gasteiger partial charge in [0.1, 0.15) is 0 Å². The van der Waals surface area contributed by atoms with Gasteiger partial charge in [-0.25, -0.2) is 0 Å². The Labute approximate surface area is 140 Å². The molecule has 0 amide bonds. The molecule has 0 aliphatic heterocycles. The van der Waals surface area contributed by atoms with Gasteiger partial charge in [0, 0.05) is 37.5 Å². The highest BCUT2D eigenvalue weighted by atomic mass is 16.6. The first-order chi connectivity index (χ1) is 11.7. The fourth-order valence-electron chi connectivity index (χ4n) is 2.67. The number of nitro benzene ring substituents is 1. The van der Waals surface area contributed by atoms with Gasteiger partial charge in [0.25, 0.3) is 5.69 Å². The minimum absolute atomic E-state index is 0.106. The molecule has 0 atom stereocenters. The van der Waals surface area contributed by atoms with Crippen LogP contribution in [-0.4, -0.2) is 18.0 Å². The first-order valence-electron chi connectivity index (χ1n) is 7.90. The van der Waals surface area contributed by atoms with Crippen molar-refractivity contribution >= 4 is 22.1 Å². The second kappa shape index (κ2) is 7.57. The van der Waals surface area contributed by atoms with Gasteiger partial charge in [-0.3, -0.25) is 10.1 Å². The molecule has 0 fully saturated rings. The van der Waals surface area contributed by atoms with Crippen LogP contribution in [0.1, 0.15) is 5.56 Å². The van der Waals surface area contributed by atoms with Gasteiger partial charge < -0.3 is 10.6 Å². The lowest BCUT2D eigenvalue weighted by molar-refractivity contribution is -0.384. The van der Waals surface area contributed by atoms with Crippen LogP contribution in [0.2, 0.25) is 0 Å². The van der Waals surface area contributed by atoms with Crippen molar-refractivity contribution in [2.24, 2.45) is 0 Å². The molecule has 5 nitrogen and oxygen atoms in total. The highest BCUT2D eigenvalue weighted by Crippen LogP contribution is 2.18. The summed E-state index contributed by atoms with van der Waals surface area (Å²) in [5.41, 5.74) is 2.27. The molecule has 0 radical (unpaired) electrons. The SMILES string of the molecule is O=[N+]([O-])c1ccc(NCCNCc2cccc3ccccc23)cc1. The Balaban J connectivity index is 1.47. The molecule has 3 rings (SSSR count). The van der Waals surface area contributed by atoms with E-state index in [0.29, 0.717) is 0 Å². The number of fused-ring (bicyclic) bond motifs is 1. The van der Waals surface area contributed by atoms with Crippen LogP contribution in [0.25, 0.3) is 10.8 Å². The van der Waals surface area contributed by atoms with Gasteiger partial charge in [-0.15, -0.1) is 0 Å². The Morgan fingerprint density at radius 2 is 1.62 bits per heavy atom. The van der Waals surface area contributed by atoms with E-state index in [-0.39, 0.29) is 5.69 Å². The van der Waals surface area contributed by atoms with Crippen molar-refractivity contribution in [2.75, 3.05) is 18.4 Å². The second-order valence-electron chi connectivity index (χ2n) is 5.55. The fourth-order valence-corrected chi connectivity index (χ4v) is 2.67. The number of nitrogens with zero attached hydrogens (tertiary/aromatic N) is 1.